The van der Waals surface area contributed by atoms with Crippen LogP contribution in [0.5, 0.6) is 0 Å². The van der Waals surface area contributed by atoms with Crippen molar-refractivity contribution < 1.29 is 8.42 Å². The topological polar surface area (TPSA) is 46.2 Å². The minimum Gasteiger partial charge on any atom is -0.316 e. The first-order valence-corrected chi connectivity index (χ1v) is 9.43. The molecule has 1 fully saturated rings. The minimum absolute atomic E-state index is 0.0659. The van der Waals surface area contributed by atoms with E-state index in [4.69, 9.17) is 23.2 Å². The third kappa shape index (κ3) is 3.39. The van der Waals surface area contributed by atoms with Gasteiger partial charge in [0.05, 0.1) is 15.2 Å². The van der Waals surface area contributed by atoms with E-state index < -0.39 is 15.1 Å². The maximum absolute atomic E-state index is 13.1. The summed E-state index contributed by atoms with van der Waals surface area (Å²) in [6, 6.07) is 4.53. The zero-order valence-corrected chi connectivity index (χ0v) is 14.8. The maximum atomic E-state index is 13.1. The van der Waals surface area contributed by atoms with Gasteiger partial charge in [0.1, 0.15) is 0 Å². The number of hydrogen-bond donors (Lipinski definition) is 1. The van der Waals surface area contributed by atoms with Crippen molar-refractivity contribution >= 4 is 33.0 Å². The van der Waals surface area contributed by atoms with E-state index >= 15 is 0 Å². The second kappa shape index (κ2) is 6.45. The maximum Gasteiger partial charge on any atom is 0.184 e. The lowest BCUT2D eigenvalue weighted by molar-refractivity contribution is 0.249. The van der Waals surface area contributed by atoms with E-state index in [2.05, 4.69) is 12.2 Å². The summed E-state index contributed by atoms with van der Waals surface area (Å²) in [5, 5.41) is 3.31. The van der Waals surface area contributed by atoms with Crippen LogP contribution >= 0.6 is 23.2 Å². The van der Waals surface area contributed by atoms with Gasteiger partial charge in [-0.2, -0.15) is 0 Å². The van der Waals surface area contributed by atoms with Gasteiger partial charge in [-0.1, -0.05) is 37.0 Å². The monoisotopic (exact) mass is 349 g/mol. The number of hydrogen-bond acceptors (Lipinski definition) is 3. The Hall–Kier alpha value is -0.290. The van der Waals surface area contributed by atoms with Crippen molar-refractivity contribution in [3.05, 3.63) is 28.2 Å². The van der Waals surface area contributed by atoms with Gasteiger partial charge in [0.25, 0.3) is 0 Å². The molecule has 0 saturated heterocycles. The number of benzene rings is 1. The van der Waals surface area contributed by atoms with Crippen LogP contribution in [-0.4, -0.2) is 26.8 Å². The Bertz CT molecular complexity index is 618. The smallest absolute Gasteiger partial charge is 0.184 e. The molecule has 3 nitrogen and oxygen atoms in total. The van der Waals surface area contributed by atoms with Crippen LogP contribution < -0.4 is 5.32 Å². The minimum atomic E-state index is -3.53. The van der Waals surface area contributed by atoms with E-state index in [9.17, 15) is 8.42 Å². The van der Waals surface area contributed by atoms with E-state index in [0.717, 1.165) is 12.8 Å². The molecule has 4 unspecified atom stereocenters. The summed E-state index contributed by atoms with van der Waals surface area (Å²) in [6.07, 6.45) is 1.75. The first-order chi connectivity index (χ1) is 9.77. The standard InChI is InChI=1S/C15H21Cl2NO2S/c1-9-6-10(2)15(13(7-9)18-3)21(19,20)14-8-11(16)4-5-12(14)17/h4-5,8-10,13,15,18H,6-7H2,1-3H3. The van der Waals surface area contributed by atoms with Crippen molar-refractivity contribution in [3.63, 3.8) is 0 Å². The fourth-order valence-corrected chi connectivity index (χ4v) is 6.48. The first kappa shape index (κ1) is 17.1. The highest BCUT2D eigenvalue weighted by atomic mass is 35.5. The van der Waals surface area contributed by atoms with Gasteiger partial charge >= 0.3 is 0 Å². The van der Waals surface area contributed by atoms with E-state index in [1.807, 2.05) is 14.0 Å². The molecule has 1 aliphatic rings. The highest BCUT2D eigenvalue weighted by molar-refractivity contribution is 7.92. The molecule has 0 amide bonds. The molecular weight excluding hydrogens is 329 g/mol. The van der Waals surface area contributed by atoms with Gasteiger partial charge in [-0.15, -0.1) is 0 Å². The molecule has 1 aliphatic carbocycles. The lowest BCUT2D eigenvalue weighted by atomic mass is 9.80. The SMILES string of the molecule is CNC1CC(C)CC(C)C1S(=O)(=O)c1cc(Cl)ccc1Cl. The van der Waals surface area contributed by atoms with Gasteiger partial charge in [0.15, 0.2) is 9.84 Å². The fraction of sp³-hybridized carbons (Fsp3) is 0.600. The lowest BCUT2D eigenvalue weighted by Gasteiger charge is -2.39. The zero-order chi connectivity index (χ0) is 15.8. The molecule has 0 heterocycles. The van der Waals surface area contributed by atoms with Gasteiger partial charge in [0, 0.05) is 11.1 Å². The summed E-state index contributed by atoms with van der Waals surface area (Å²) in [5.74, 6) is 0.588. The van der Waals surface area contributed by atoms with Crippen LogP contribution in [0.25, 0.3) is 0 Å². The third-order valence-electron chi connectivity index (χ3n) is 4.32. The molecule has 1 aromatic rings. The van der Waals surface area contributed by atoms with E-state index in [1.165, 1.54) is 6.07 Å². The molecule has 2 rings (SSSR count). The Kier molecular flexibility index (Phi) is 5.24. The molecule has 0 aromatic heterocycles. The molecular formula is C15H21Cl2NO2S. The molecule has 118 valence electrons. The van der Waals surface area contributed by atoms with Crippen molar-refractivity contribution in [2.24, 2.45) is 11.8 Å². The van der Waals surface area contributed by atoms with E-state index in [1.54, 1.807) is 12.1 Å². The van der Waals surface area contributed by atoms with E-state index in [-0.39, 0.29) is 21.9 Å². The predicted octanol–water partition coefficient (Wildman–Crippen LogP) is 3.79. The van der Waals surface area contributed by atoms with Crippen molar-refractivity contribution in [3.8, 4) is 0 Å². The number of nitrogens with one attached hydrogen (secondary N) is 1. The summed E-state index contributed by atoms with van der Waals surface area (Å²) in [4.78, 5) is 0.142. The Morgan fingerprint density at radius 1 is 1.19 bits per heavy atom. The van der Waals surface area contributed by atoms with Crippen LogP contribution in [0.1, 0.15) is 26.7 Å². The molecule has 6 heteroatoms. The van der Waals surface area contributed by atoms with Crippen molar-refractivity contribution in [1.82, 2.24) is 5.32 Å². The van der Waals surface area contributed by atoms with E-state index in [0.29, 0.717) is 10.9 Å². The summed E-state index contributed by atoms with van der Waals surface area (Å²) in [6.45, 7) is 4.16. The normalized spacial score (nSPS) is 30.3. The highest BCUT2D eigenvalue weighted by Crippen LogP contribution is 2.38. The molecule has 1 saturated carbocycles. The first-order valence-electron chi connectivity index (χ1n) is 7.13. The molecule has 4 atom stereocenters. The lowest BCUT2D eigenvalue weighted by Crippen LogP contribution is -2.50. The Balaban J connectivity index is 2.48. The summed E-state index contributed by atoms with van der Waals surface area (Å²) in [5.41, 5.74) is 0. The second-order valence-electron chi connectivity index (χ2n) is 6.03. The summed E-state index contributed by atoms with van der Waals surface area (Å²) < 4.78 is 26.1. The molecule has 0 spiro atoms. The predicted molar refractivity (Wildman–Crippen MR) is 87.8 cm³/mol. The average molecular weight is 350 g/mol. The number of sulfone groups is 1. The van der Waals surface area contributed by atoms with Crippen LogP contribution in [0.4, 0.5) is 0 Å². The Morgan fingerprint density at radius 3 is 2.48 bits per heavy atom. The molecule has 0 bridgehead atoms. The number of halogens is 2. The van der Waals surface area contributed by atoms with Gasteiger partial charge in [-0.05, 0) is 49.9 Å². The van der Waals surface area contributed by atoms with Crippen LogP contribution in [0.2, 0.25) is 10.0 Å². The zero-order valence-electron chi connectivity index (χ0n) is 12.4. The molecule has 1 aromatic carbocycles. The Labute approximate surface area is 136 Å². The largest absolute Gasteiger partial charge is 0.316 e. The molecule has 0 aliphatic heterocycles. The molecule has 21 heavy (non-hydrogen) atoms. The van der Waals surface area contributed by atoms with Crippen LogP contribution in [0.15, 0.2) is 23.1 Å². The third-order valence-corrected chi connectivity index (χ3v) is 7.45. The van der Waals surface area contributed by atoms with Crippen LogP contribution in [0.3, 0.4) is 0 Å². The quantitative estimate of drug-likeness (QED) is 0.902. The second-order valence-corrected chi connectivity index (χ2v) is 8.95. The molecule has 1 N–H and O–H groups in total. The highest BCUT2D eigenvalue weighted by Gasteiger charge is 2.43. The van der Waals surface area contributed by atoms with Crippen LogP contribution in [-0.2, 0) is 9.84 Å². The molecule has 0 radical (unpaired) electrons. The fourth-order valence-electron chi connectivity index (χ4n) is 3.48. The van der Waals surface area contributed by atoms with Gasteiger partial charge in [0.2, 0.25) is 0 Å². The van der Waals surface area contributed by atoms with Gasteiger partial charge in [-0.3, -0.25) is 0 Å². The average Bonchev–Trinajstić information content (AvgIpc) is 2.39. The van der Waals surface area contributed by atoms with Gasteiger partial charge < -0.3 is 5.32 Å². The van der Waals surface area contributed by atoms with Crippen LogP contribution in [0, 0.1) is 11.8 Å². The van der Waals surface area contributed by atoms with Crippen molar-refractivity contribution in [1.29, 1.82) is 0 Å². The van der Waals surface area contributed by atoms with Crippen molar-refractivity contribution in [2.75, 3.05) is 7.05 Å². The summed E-state index contributed by atoms with van der Waals surface area (Å²) >= 11 is 12.1. The summed E-state index contributed by atoms with van der Waals surface area (Å²) in [7, 11) is -1.71. The van der Waals surface area contributed by atoms with Crippen molar-refractivity contribution in [2.45, 2.75) is 42.9 Å². The van der Waals surface area contributed by atoms with Gasteiger partial charge in [-0.25, -0.2) is 8.42 Å². The Morgan fingerprint density at radius 2 is 1.86 bits per heavy atom. The number of rotatable bonds is 3.